The minimum absolute atomic E-state index is 0.328. The fourth-order valence-electron chi connectivity index (χ4n) is 2.45. The second-order valence-corrected chi connectivity index (χ2v) is 4.87. The lowest BCUT2D eigenvalue weighted by atomic mass is 10.1. The maximum atomic E-state index is 10.9. The Hall–Kier alpha value is -1.56. The van der Waals surface area contributed by atoms with E-state index in [1.165, 1.54) is 4.90 Å². The molecular formula is C11H15N3O3. The van der Waals surface area contributed by atoms with Crippen LogP contribution in [0, 0.1) is 0 Å². The van der Waals surface area contributed by atoms with Crippen molar-refractivity contribution < 1.29 is 15.0 Å². The van der Waals surface area contributed by atoms with Crippen molar-refractivity contribution >= 4 is 6.09 Å². The zero-order valence-corrected chi connectivity index (χ0v) is 9.68. The van der Waals surface area contributed by atoms with Crippen LogP contribution in [0.15, 0.2) is 0 Å². The molecule has 0 saturated heterocycles. The van der Waals surface area contributed by atoms with Crippen molar-refractivity contribution in [2.75, 3.05) is 6.54 Å². The van der Waals surface area contributed by atoms with Gasteiger partial charge in [0.25, 0.3) is 0 Å². The van der Waals surface area contributed by atoms with Gasteiger partial charge in [-0.05, 0) is 12.8 Å². The summed E-state index contributed by atoms with van der Waals surface area (Å²) in [6.45, 7) is 0.828. The Morgan fingerprint density at radius 2 is 2.18 bits per heavy atom. The predicted octanol–water partition coefficient (Wildman–Crippen LogP) is 0.438. The predicted molar refractivity (Wildman–Crippen MR) is 58.5 cm³/mol. The highest BCUT2D eigenvalue weighted by Crippen LogP contribution is 2.45. The lowest BCUT2D eigenvalue weighted by Gasteiger charge is -2.23. The summed E-state index contributed by atoms with van der Waals surface area (Å²) in [6.07, 6.45) is 1.26. The zero-order chi connectivity index (χ0) is 12.2. The van der Waals surface area contributed by atoms with Crippen LogP contribution in [0.25, 0.3) is 0 Å². The van der Waals surface area contributed by atoms with Gasteiger partial charge in [0.1, 0.15) is 11.4 Å². The van der Waals surface area contributed by atoms with Gasteiger partial charge in [0.2, 0.25) is 0 Å². The Morgan fingerprint density at radius 3 is 2.76 bits per heavy atom. The Labute approximate surface area is 98.5 Å². The molecule has 92 valence electrons. The van der Waals surface area contributed by atoms with E-state index in [0.29, 0.717) is 25.3 Å². The van der Waals surface area contributed by atoms with Crippen molar-refractivity contribution in [3.05, 3.63) is 17.2 Å². The standard InChI is InChI=1S/C11H15N3O3/c1-13-8-2-5-14(10(15)16)6-7(8)12-9(13)11(17)3-4-11/h17H,2-6H2,1H3,(H,15,16). The molecule has 1 aliphatic carbocycles. The first-order valence-electron chi connectivity index (χ1n) is 5.76. The minimum atomic E-state index is -0.909. The maximum absolute atomic E-state index is 10.9. The average Bonchev–Trinajstić information content (AvgIpc) is 2.94. The summed E-state index contributed by atoms with van der Waals surface area (Å²) in [6, 6.07) is 0. The molecule has 6 heteroatoms. The molecule has 17 heavy (non-hydrogen) atoms. The molecule has 1 aromatic heterocycles. The van der Waals surface area contributed by atoms with E-state index in [2.05, 4.69) is 4.98 Å². The van der Waals surface area contributed by atoms with Crippen molar-refractivity contribution in [1.82, 2.24) is 14.5 Å². The van der Waals surface area contributed by atoms with E-state index >= 15 is 0 Å². The molecule has 1 saturated carbocycles. The topological polar surface area (TPSA) is 78.6 Å². The van der Waals surface area contributed by atoms with Gasteiger partial charge in [-0.2, -0.15) is 0 Å². The summed E-state index contributed by atoms with van der Waals surface area (Å²) in [5.41, 5.74) is 1.08. The van der Waals surface area contributed by atoms with Crippen molar-refractivity contribution in [2.45, 2.75) is 31.4 Å². The Bertz CT molecular complexity index is 490. The molecule has 2 aliphatic rings. The first-order valence-corrected chi connectivity index (χ1v) is 5.76. The summed E-state index contributed by atoms with van der Waals surface area (Å²) >= 11 is 0. The minimum Gasteiger partial charge on any atom is -0.465 e. The molecule has 0 bridgehead atoms. The summed E-state index contributed by atoms with van der Waals surface area (Å²) in [5.74, 6) is 0.690. The molecule has 1 aromatic rings. The van der Waals surface area contributed by atoms with Gasteiger partial charge in [-0.3, -0.25) is 0 Å². The molecule has 0 atom stereocenters. The quantitative estimate of drug-likeness (QED) is 0.742. The molecule has 0 radical (unpaired) electrons. The number of imidazole rings is 1. The second-order valence-electron chi connectivity index (χ2n) is 4.87. The summed E-state index contributed by atoms with van der Waals surface area (Å²) in [7, 11) is 1.90. The van der Waals surface area contributed by atoms with Gasteiger partial charge in [-0.25, -0.2) is 9.78 Å². The molecule has 0 unspecified atom stereocenters. The van der Waals surface area contributed by atoms with Crippen molar-refractivity contribution in [1.29, 1.82) is 0 Å². The van der Waals surface area contributed by atoms with Crippen LogP contribution in [-0.2, 0) is 25.6 Å². The highest BCUT2D eigenvalue weighted by Gasteiger charge is 2.47. The fraction of sp³-hybridized carbons (Fsp3) is 0.636. The van der Waals surface area contributed by atoms with Gasteiger partial charge in [-0.1, -0.05) is 0 Å². The van der Waals surface area contributed by atoms with E-state index in [-0.39, 0.29) is 0 Å². The molecule has 1 fully saturated rings. The third kappa shape index (κ3) is 1.51. The van der Waals surface area contributed by atoms with Crippen LogP contribution in [0.5, 0.6) is 0 Å². The molecular weight excluding hydrogens is 222 g/mol. The van der Waals surface area contributed by atoms with Gasteiger partial charge in [0.05, 0.1) is 12.2 Å². The van der Waals surface area contributed by atoms with E-state index in [9.17, 15) is 9.90 Å². The van der Waals surface area contributed by atoms with Gasteiger partial charge >= 0.3 is 6.09 Å². The van der Waals surface area contributed by atoms with Crippen molar-refractivity contribution in [2.24, 2.45) is 7.05 Å². The van der Waals surface area contributed by atoms with E-state index in [4.69, 9.17) is 5.11 Å². The number of hydrogen-bond donors (Lipinski definition) is 2. The van der Waals surface area contributed by atoms with E-state index in [0.717, 1.165) is 24.2 Å². The van der Waals surface area contributed by atoms with Crippen molar-refractivity contribution in [3.8, 4) is 0 Å². The largest absolute Gasteiger partial charge is 0.465 e. The highest BCUT2D eigenvalue weighted by atomic mass is 16.4. The highest BCUT2D eigenvalue weighted by molar-refractivity contribution is 5.65. The number of amides is 1. The molecule has 1 aliphatic heterocycles. The summed E-state index contributed by atoms with van der Waals surface area (Å²) in [5, 5.41) is 19.0. The average molecular weight is 237 g/mol. The third-order valence-corrected chi connectivity index (χ3v) is 3.67. The molecule has 0 aromatic carbocycles. The first-order chi connectivity index (χ1) is 8.01. The molecule has 1 amide bonds. The lowest BCUT2D eigenvalue weighted by molar-refractivity contribution is 0.137. The van der Waals surface area contributed by atoms with Gasteiger partial charge < -0.3 is 19.7 Å². The Morgan fingerprint density at radius 1 is 1.47 bits per heavy atom. The van der Waals surface area contributed by atoms with Crippen molar-refractivity contribution in [3.63, 3.8) is 0 Å². The zero-order valence-electron chi connectivity index (χ0n) is 9.68. The molecule has 2 N–H and O–H groups in total. The van der Waals surface area contributed by atoms with Crippen LogP contribution in [0.3, 0.4) is 0 Å². The normalized spacial score (nSPS) is 21.2. The van der Waals surface area contributed by atoms with Gasteiger partial charge in [-0.15, -0.1) is 0 Å². The number of fused-ring (bicyclic) bond motifs is 1. The molecule has 0 spiro atoms. The number of nitrogens with zero attached hydrogens (tertiary/aromatic N) is 3. The van der Waals surface area contributed by atoms with E-state index in [1.807, 2.05) is 11.6 Å². The fourth-order valence-corrected chi connectivity index (χ4v) is 2.45. The van der Waals surface area contributed by atoms with Crippen LogP contribution < -0.4 is 0 Å². The number of aliphatic hydroxyl groups is 1. The van der Waals surface area contributed by atoms with Crippen LogP contribution in [0.2, 0.25) is 0 Å². The monoisotopic (exact) mass is 237 g/mol. The number of rotatable bonds is 1. The van der Waals surface area contributed by atoms with Gasteiger partial charge in [0.15, 0.2) is 0 Å². The Kier molecular flexibility index (Phi) is 2.01. The summed E-state index contributed by atoms with van der Waals surface area (Å²) < 4.78 is 1.93. The molecule has 3 rings (SSSR count). The number of carboxylic acid groups (broad SMARTS) is 1. The smallest absolute Gasteiger partial charge is 0.407 e. The van der Waals surface area contributed by atoms with Crippen LogP contribution in [0.4, 0.5) is 4.79 Å². The number of hydrogen-bond acceptors (Lipinski definition) is 3. The lowest BCUT2D eigenvalue weighted by Crippen LogP contribution is -2.35. The van der Waals surface area contributed by atoms with Crippen LogP contribution >= 0.6 is 0 Å². The van der Waals surface area contributed by atoms with Gasteiger partial charge in [0, 0.05) is 25.7 Å². The van der Waals surface area contributed by atoms with E-state index < -0.39 is 11.7 Å². The Balaban J connectivity index is 1.96. The third-order valence-electron chi connectivity index (χ3n) is 3.67. The van der Waals surface area contributed by atoms with E-state index in [1.54, 1.807) is 0 Å². The number of carbonyl (C=O) groups is 1. The molecule has 6 nitrogen and oxygen atoms in total. The van der Waals surface area contributed by atoms with Crippen LogP contribution in [0.1, 0.15) is 30.1 Å². The molecule has 2 heterocycles. The SMILES string of the molecule is Cn1c(C2(O)CC2)nc2c1CCN(C(=O)O)C2. The summed E-state index contributed by atoms with van der Waals surface area (Å²) in [4.78, 5) is 16.7. The number of aromatic nitrogens is 2. The maximum Gasteiger partial charge on any atom is 0.407 e. The first kappa shape index (κ1) is 10.6. The van der Waals surface area contributed by atoms with Crippen LogP contribution in [-0.4, -0.2) is 37.3 Å². The second kappa shape index (κ2) is 3.22.